The van der Waals surface area contributed by atoms with Crippen molar-refractivity contribution in [2.24, 2.45) is 0 Å². The molecule has 4 nitrogen and oxygen atoms in total. The Kier molecular flexibility index (Phi) is 2.88. The molecular formula is C9H12N2O2S. The Morgan fingerprint density at radius 2 is 2.43 bits per heavy atom. The number of hydrogen-bond acceptors (Lipinski definition) is 5. The van der Waals surface area contributed by atoms with Crippen molar-refractivity contribution in [2.75, 3.05) is 13.7 Å². The van der Waals surface area contributed by atoms with Gasteiger partial charge in [0, 0.05) is 13.0 Å². The van der Waals surface area contributed by atoms with E-state index in [9.17, 15) is 4.79 Å². The molecule has 0 unspecified atom stereocenters. The predicted octanol–water partition coefficient (Wildman–Crippen LogP) is 1.17. The van der Waals surface area contributed by atoms with Crippen LogP contribution in [-0.2, 0) is 16.0 Å². The maximum atomic E-state index is 11.2. The maximum absolute atomic E-state index is 11.2. The SMILES string of the molecule is COCC(=O)Cc1nc(C2CC2)ns1. The summed E-state index contributed by atoms with van der Waals surface area (Å²) in [5.41, 5.74) is 0. The van der Waals surface area contributed by atoms with Crippen LogP contribution in [0.15, 0.2) is 0 Å². The van der Waals surface area contributed by atoms with E-state index in [1.165, 1.54) is 31.5 Å². The van der Waals surface area contributed by atoms with Gasteiger partial charge in [-0.3, -0.25) is 4.79 Å². The van der Waals surface area contributed by atoms with E-state index in [0.29, 0.717) is 12.3 Å². The minimum atomic E-state index is 0.0611. The maximum Gasteiger partial charge on any atom is 0.165 e. The average molecular weight is 212 g/mol. The minimum Gasteiger partial charge on any atom is -0.377 e. The standard InChI is InChI=1S/C9H12N2O2S/c1-13-5-7(12)4-8-10-9(11-14-8)6-2-3-6/h6H,2-5H2,1H3. The first kappa shape index (κ1) is 9.73. The zero-order chi connectivity index (χ0) is 9.97. The first-order chi connectivity index (χ1) is 6.79. The third kappa shape index (κ3) is 2.36. The summed E-state index contributed by atoms with van der Waals surface area (Å²) in [6.45, 7) is 0.165. The third-order valence-electron chi connectivity index (χ3n) is 2.08. The van der Waals surface area contributed by atoms with E-state index in [1.54, 1.807) is 0 Å². The molecule has 0 amide bonds. The molecule has 1 fully saturated rings. The highest BCUT2D eigenvalue weighted by Gasteiger charge is 2.27. The van der Waals surface area contributed by atoms with Crippen molar-refractivity contribution in [3.8, 4) is 0 Å². The Balaban J connectivity index is 1.92. The first-order valence-electron chi connectivity index (χ1n) is 4.62. The number of methoxy groups -OCH3 is 1. The molecule has 5 heteroatoms. The molecule has 0 atom stereocenters. The molecule has 1 aliphatic rings. The van der Waals surface area contributed by atoms with Crippen molar-refractivity contribution in [3.63, 3.8) is 0 Å². The van der Waals surface area contributed by atoms with Crippen LogP contribution in [0, 0.1) is 0 Å². The molecule has 0 bridgehead atoms. The normalized spacial score (nSPS) is 15.8. The molecule has 0 N–H and O–H groups in total. The molecule has 2 rings (SSSR count). The molecule has 0 saturated heterocycles. The second kappa shape index (κ2) is 4.14. The number of hydrogen-bond donors (Lipinski definition) is 0. The van der Waals surface area contributed by atoms with Gasteiger partial charge in [0.2, 0.25) is 0 Å². The van der Waals surface area contributed by atoms with Crippen LogP contribution in [0.4, 0.5) is 0 Å². The molecule has 1 aromatic rings. The van der Waals surface area contributed by atoms with Gasteiger partial charge in [-0.2, -0.15) is 4.37 Å². The molecule has 1 aromatic heterocycles. The average Bonchev–Trinajstić information content (AvgIpc) is 2.89. The van der Waals surface area contributed by atoms with Crippen LogP contribution in [0.5, 0.6) is 0 Å². The van der Waals surface area contributed by atoms with Gasteiger partial charge in [0.15, 0.2) is 5.78 Å². The number of nitrogens with zero attached hydrogens (tertiary/aromatic N) is 2. The number of ketones is 1. The molecule has 1 saturated carbocycles. The van der Waals surface area contributed by atoms with Gasteiger partial charge in [0.1, 0.15) is 17.4 Å². The Bertz CT molecular complexity index is 333. The summed E-state index contributed by atoms with van der Waals surface area (Å²) >= 11 is 1.33. The van der Waals surface area contributed by atoms with Gasteiger partial charge < -0.3 is 4.74 Å². The number of Topliss-reactive ketones (excluding diaryl/α,β-unsaturated/α-hetero) is 1. The van der Waals surface area contributed by atoms with Crippen molar-refractivity contribution in [1.29, 1.82) is 0 Å². The van der Waals surface area contributed by atoms with Crippen molar-refractivity contribution < 1.29 is 9.53 Å². The minimum absolute atomic E-state index is 0.0611. The summed E-state index contributed by atoms with van der Waals surface area (Å²) in [7, 11) is 1.52. The van der Waals surface area contributed by atoms with Crippen molar-refractivity contribution in [1.82, 2.24) is 9.36 Å². The number of ether oxygens (including phenoxy) is 1. The number of carbonyl (C=O) groups excluding carboxylic acids is 1. The number of rotatable bonds is 5. The lowest BCUT2D eigenvalue weighted by molar-refractivity contribution is -0.121. The Morgan fingerprint density at radius 3 is 3.07 bits per heavy atom. The fourth-order valence-corrected chi connectivity index (χ4v) is 1.98. The van der Waals surface area contributed by atoms with Gasteiger partial charge in [0.05, 0.1) is 6.42 Å². The summed E-state index contributed by atoms with van der Waals surface area (Å²) in [6, 6.07) is 0. The van der Waals surface area contributed by atoms with Crippen LogP contribution in [0.2, 0.25) is 0 Å². The van der Waals surface area contributed by atoms with E-state index in [1.807, 2.05) is 0 Å². The van der Waals surface area contributed by atoms with E-state index in [2.05, 4.69) is 9.36 Å². The Morgan fingerprint density at radius 1 is 1.64 bits per heavy atom. The fourth-order valence-electron chi connectivity index (χ4n) is 1.23. The van der Waals surface area contributed by atoms with Gasteiger partial charge in [-0.05, 0) is 24.4 Å². The smallest absolute Gasteiger partial charge is 0.165 e. The van der Waals surface area contributed by atoms with Gasteiger partial charge >= 0.3 is 0 Å². The molecule has 14 heavy (non-hydrogen) atoms. The van der Waals surface area contributed by atoms with E-state index in [0.717, 1.165) is 10.8 Å². The van der Waals surface area contributed by atoms with Crippen molar-refractivity contribution >= 4 is 17.3 Å². The van der Waals surface area contributed by atoms with Crippen LogP contribution in [-0.4, -0.2) is 28.9 Å². The Hall–Kier alpha value is -0.810. The van der Waals surface area contributed by atoms with Crippen LogP contribution >= 0.6 is 11.5 Å². The molecule has 1 aliphatic carbocycles. The monoisotopic (exact) mass is 212 g/mol. The molecule has 0 aromatic carbocycles. The lowest BCUT2D eigenvalue weighted by Gasteiger charge is -1.94. The Labute approximate surface area is 86.5 Å². The van der Waals surface area contributed by atoms with E-state index >= 15 is 0 Å². The topological polar surface area (TPSA) is 52.1 Å². The van der Waals surface area contributed by atoms with Crippen LogP contribution in [0.3, 0.4) is 0 Å². The highest BCUT2D eigenvalue weighted by Crippen LogP contribution is 2.38. The summed E-state index contributed by atoms with van der Waals surface area (Å²) in [4.78, 5) is 15.5. The molecular weight excluding hydrogens is 200 g/mol. The number of aromatic nitrogens is 2. The van der Waals surface area contributed by atoms with Crippen LogP contribution in [0.1, 0.15) is 29.6 Å². The third-order valence-corrected chi connectivity index (χ3v) is 2.80. The first-order valence-corrected chi connectivity index (χ1v) is 5.40. The summed E-state index contributed by atoms with van der Waals surface area (Å²) in [6.07, 6.45) is 2.75. The second-order valence-corrected chi connectivity index (χ2v) is 4.31. The summed E-state index contributed by atoms with van der Waals surface area (Å²) in [5, 5.41) is 0.814. The fraction of sp³-hybridized carbons (Fsp3) is 0.667. The zero-order valence-corrected chi connectivity index (χ0v) is 8.84. The molecule has 1 heterocycles. The zero-order valence-electron chi connectivity index (χ0n) is 8.02. The lowest BCUT2D eigenvalue weighted by Crippen LogP contribution is -2.09. The summed E-state index contributed by atoms with van der Waals surface area (Å²) in [5.74, 6) is 1.55. The highest BCUT2D eigenvalue weighted by atomic mass is 32.1. The largest absolute Gasteiger partial charge is 0.377 e. The van der Waals surface area contributed by atoms with Gasteiger partial charge in [-0.15, -0.1) is 0 Å². The number of carbonyl (C=O) groups is 1. The van der Waals surface area contributed by atoms with E-state index in [4.69, 9.17) is 4.74 Å². The van der Waals surface area contributed by atoms with E-state index in [-0.39, 0.29) is 12.4 Å². The molecule has 0 aliphatic heterocycles. The van der Waals surface area contributed by atoms with Crippen molar-refractivity contribution in [2.45, 2.75) is 25.2 Å². The van der Waals surface area contributed by atoms with Gasteiger partial charge in [-0.25, -0.2) is 4.98 Å². The molecule has 0 radical (unpaired) electrons. The molecule has 76 valence electrons. The van der Waals surface area contributed by atoms with E-state index < -0.39 is 0 Å². The lowest BCUT2D eigenvalue weighted by atomic mass is 10.3. The second-order valence-electron chi connectivity index (χ2n) is 3.47. The summed E-state index contributed by atoms with van der Waals surface area (Å²) < 4.78 is 8.98. The van der Waals surface area contributed by atoms with Gasteiger partial charge in [-0.1, -0.05) is 0 Å². The predicted molar refractivity (Wildman–Crippen MR) is 52.5 cm³/mol. The van der Waals surface area contributed by atoms with Gasteiger partial charge in [0.25, 0.3) is 0 Å². The quantitative estimate of drug-likeness (QED) is 0.735. The van der Waals surface area contributed by atoms with Crippen LogP contribution < -0.4 is 0 Å². The highest BCUT2D eigenvalue weighted by molar-refractivity contribution is 7.05. The molecule has 0 spiro atoms. The van der Waals surface area contributed by atoms with Crippen LogP contribution in [0.25, 0.3) is 0 Å². The van der Waals surface area contributed by atoms with Crippen molar-refractivity contribution in [3.05, 3.63) is 10.8 Å².